The highest BCUT2D eigenvalue weighted by atomic mass is 19.3. The molecule has 2 fully saturated rings. The summed E-state index contributed by atoms with van der Waals surface area (Å²) in [6.07, 6.45) is 4.84. The van der Waals surface area contributed by atoms with Gasteiger partial charge >= 0.3 is 17.8 Å². The Hall–Kier alpha value is -0.760. The van der Waals surface area contributed by atoms with E-state index in [0.29, 0.717) is 12.3 Å². The first-order valence-electron chi connectivity index (χ1n) is 7.69. The molecule has 0 radical (unpaired) electrons. The molecule has 1 saturated heterocycles. The van der Waals surface area contributed by atoms with Crippen LogP contribution in [0.4, 0.5) is 26.3 Å². The molecule has 0 aromatic rings. The average Bonchev–Trinajstić information content (AvgIpc) is 2.45. The second kappa shape index (κ2) is 5.65. The van der Waals surface area contributed by atoms with Gasteiger partial charge in [0.05, 0.1) is 0 Å². The molecule has 2 aliphatic carbocycles. The first-order valence-corrected chi connectivity index (χ1v) is 7.69. The normalized spacial score (nSPS) is 36.7. The third-order valence-electron chi connectivity index (χ3n) is 4.84. The van der Waals surface area contributed by atoms with Crippen LogP contribution in [0.2, 0.25) is 0 Å². The van der Waals surface area contributed by atoms with Gasteiger partial charge in [-0.15, -0.1) is 0 Å². The van der Waals surface area contributed by atoms with Crippen LogP contribution in [0.15, 0.2) is 11.6 Å². The van der Waals surface area contributed by atoms with Gasteiger partial charge in [0.15, 0.2) is 6.29 Å². The molecule has 0 amide bonds. The van der Waals surface area contributed by atoms with Crippen molar-refractivity contribution in [2.45, 2.75) is 56.2 Å². The largest absolute Gasteiger partial charge is 0.376 e. The number of halogens is 6. The molecule has 0 spiro atoms. The van der Waals surface area contributed by atoms with E-state index in [1.807, 2.05) is 6.08 Å². The average molecular weight is 344 g/mol. The maximum absolute atomic E-state index is 13.5. The van der Waals surface area contributed by atoms with Crippen molar-refractivity contribution >= 4 is 0 Å². The molecule has 2 atom stereocenters. The minimum atomic E-state index is -5.51. The standard InChI is InChI=1S/C15H18F6O2/c16-13(17)7-22-12(23-8-14(18,19)15(13,20)21)11-5-9-2-1-3-10(4-9)6-11/h5,10-12H,1-4,6-8H2. The molecule has 1 aliphatic heterocycles. The Labute approximate surface area is 129 Å². The first-order chi connectivity index (χ1) is 10.6. The summed E-state index contributed by atoms with van der Waals surface area (Å²) in [5.74, 6) is -15.5. The lowest BCUT2D eigenvalue weighted by molar-refractivity contribution is -0.367. The molecule has 3 rings (SSSR count). The van der Waals surface area contributed by atoms with Crippen molar-refractivity contribution in [3.63, 3.8) is 0 Å². The predicted molar refractivity (Wildman–Crippen MR) is 68.7 cm³/mol. The van der Waals surface area contributed by atoms with E-state index in [1.54, 1.807) is 0 Å². The van der Waals surface area contributed by atoms with Gasteiger partial charge in [0.1, 0.15) is 13.2 Å². The molecule has 132 valence electrons. The number of hydrogen-bond donors (Lipinski definition) is 0. The van der Waals surface area contributed by atoms with Crippen LogP contribution in [-0.4, -0.2) is 37.3 Å². The van der Waals surface area contributed by atoms with Gasteiger partial charge < -0.3 is 9.47 Å². The Morgan fingerprint density at radius 2 is 1.57 bits per heavy atom. The van der Waals surface area contributed by atoms with Crippen LogP contribution < -0.4 is 0 Å². The molecule has 8 heteroatoms. The van der Waals surface area contributed by atoms with Crippen molar-refractivity contribution in [2.24, 2.45) is 11.8 Å². The fourth-order valence-electron chi connectivity index (χ4n) is 3.61. The van der Waals surface area contributed by atoms with Gasteiger partial charge in [-0.3, -0.25) is 0 Å². The number of rotatable bonds is 1. The number of alkyl halides is 6. The summed E-state index contributed by atoms with van der Waals surface area (Å²) < 4.78 is 90.0. The molecule has 2 nitrogen and oxygen atoms in total. The van der Waals surface area contributed by atoms with E-state index in [1.165, 1.54) is 0 Å². The van der Waals surface area contributed by atoms with Crippen LogP contribution in [0.25, 0.3) is 0 Å². The Morgan fingerprint density at radius 3 is 2.13 bits per heavy atom. The Balaban J connectivity index is 1.79. The monoisotopic (exact) mass is 344 g/mol. The highest BCUT2D eigenvalue weighted by Gasteiger charge is 2.72. The first kappa shape index (κ1) is 17.1. The minimum Gasteiger partial charge on any atom is -0.346 e. The van der Waals surface area contributed by atoms with E-state index in [-0.39, 0.29) is 0 Å². The maximum Gasteiger partial charge on any atom is 0.376 e. The molecular weight excluding hydrogens is 326 g/mol. The van der Waals surface area contributed by atoms with Crippen molar-refractivity contribution in [1.82, 2.24) is 0 Å². The van der Waals surface area contributed by atoms with Gasteiger partial charge in [-0.1, -0.05) is 11.6 Å². The van der Waals surface area contributed by atoms with Crippen molar-refractivity contribution in [3.05, 3.63) is 11.6 Å². The zero-order chi connectivity index (χ0) is 16.9. The van der Waals surface area contributed by atoms with Crippen LogP contribution in [0.3, 0.4) is 0 Å². The van der Waals surface area contributed by atoms with Crippen LogP contribution in [0.5, 0.6) is 0 Å². The van der Waals surface area contributed by atoms with E-state index < -0.39 is 43.2 Å². The molecule has 2 unspecified atom stereocenters. The lowest BCUT2D eigenvalue weighted by atomic mass is 9.74. The maximum atomic E-state index is 13.5. The Kier molecular flexibility index (Phi) is 4.20. The summed E-state index contributed by atoms with van der Waals surface area (Å²) in [6, 6.07) is 0. The van der Waals surface area contributed by atoms with Gasteiger partial charge in [0.25, 0.3) is 0 Å². The van der Waals surface area contributed by atoms with Crippen molar-refractivity contribution in [3.8, 4) is 0 Å². The molecule has 23 heavy (non-hydrogen) atoms. The summed E-state index contributed by atoms with van der Waals surface area (Å²) in [4.78, 5) is 0. The van der Waals surface area contributed by atoms with Crippen molar-refractivity contribution < 1.29 is 35.8 Å². The summed E-state index contributed by atoms with van der Waals surface area (Å²) in [5.41, 5.74) is 1.13. The van der Waals surface area contributed by atoms with Gasteiger partial charge in [-0.25, -0.2) is 0 Å². The fourth-order valence-corrected chi connectivity index (χ4v) is 3.61. The highest BCUT2D eigenvalue weighted by Crippen LogP contribution is 2.48. The summed E-state index contributed by atoms with van der Waals surface area (Å²) in [5, 5.41) is 0. The minimum absolute atomic E-state index is 0.342. The Morgan fingerprint density at radius 1 is 0.957 bits per heavy atom. The molecule has 0 N–H and O–H groups in total. The van der Waals surface area contributed by atoms with Crippen LogP contribution in [0, 0.1) is 11.8 Å². The summed E-state index contributed by atoms with van der Waals surface area (Å²) in [6.45, 7) is -3.57. The van der Waals surface area contributed by atoms with Crippen molar-refractivity contribution in [1.29, 1.82) is 0 Å². The van der Waals surface area contributed by atoms with Gasteiger partial charge in [0, 0.05) is 5.92 Å². The topological polar surface area (TPSA) is 18.5 Å². The zero-order valence-electron chi connectivity index (χ0n) is 12.3. The van der Waals surface area contributed by atoms with Crippen LogP contribution in [-0.2, 0) is 9.47 Å². The lowest BCUT2D eigenvalue weighted by Gasteiger charge is -2.40. The number of allylic oxidation sites excluding steroid dienone is 1. The van der Waals surface area contributed by atoms with E-state index in [2.05, 4.69) is 0 Å². The molecule has 3 aliphatic rings. The molecule has 0 aromatic heterocycles. The second-order valence-electron chi connectivity index (χ2n) is 6.66. The summed E-state index contributed by atoms with van der Waals surface area (Å²) >= 11 is 0. The molecule has 1 saturated carbocycles. The molecule has 2 bridgehead atoms. The zero-order valence-corrected chi connectivity index (χ0v) is 12.3. The lowest BCUT2D eigenvalue weighted by Crippen LogP contribution is -2.60. The summed E-state index contributed by atoms with van der Waals surface area (Å²) in [7, 11) is 0. The third-order valence-corrected chi connectivity index (χ3v) is 4.84. The number of hydrogen-bond acceptors (Lipinski definition) is 2. The van der Waals surface area contributed by atoms with E-state index in [0.717, 1.165) is 31.3 Å². The van der Waals surface area contributed by atoms with Crippen LogP contribution in [0.1, 0.15) is 32.1 Å². The number of ether oxygens (including phenoxy) is 2. The highest BCUT2D eigenvalue weighted by molar-refractivity contribution is 5.13. The van der Waals surface area contributed by atoms with Gasteiger partial charge in [0.2, 0.25) is 0 Å². The molecule has 0 aromatic carbocycles. The van der Waals surface area contributed by atoms with Crippen LogP contribution >= 0.6 is 0 Å². The van der Waals surface area contributed by atoms with E-state index in [9.17, 15) is 26.3 Å². The van der Waals surface area contributed by atoms with Gasteiger partial charge in [-0.2, -0.15) is 26.3 Å². The smallest absolute Gasteiger partial charge is 0.346 e. The predicted octanol–water partition coefficient (Wildman–Crippen LogP) is 4.40. The van der Waals surface area contributed by atoms with E-state index in [4.69, 9.17) is 9.47 Å². The quantitative estimate of drug-likeness (QED) is 0.518. The Bertz CT molecular complexity index is 468. The molecular formula is C15H18F6O2. The van der Waals surface area contributed by atoms with Crippen molar-refractivity contribution in [2.75, 3.05) is 13.2 Å². The fraction of sp³-hybridized carbons (Fsp3) is 0.867. The van der Waals surface area contributed by atoms with E-state index >= 15 is 0 Å². The van der Waals surface area contributed by atoms with Gasteiger partial charge in [-0.05, 0) is 38.0 Å². The third kappa shape index (κ3) is 2.99. The second-order valence-corrected chi connectivity index (χ2v) is 6.66. The SMILES string of the molecule is FC1(F)COC(C2C=C3CCCC(C3)C2)OCC(F)(F)C1(F)F. The number of fused-ring (bicyclic) bond motifs is 2. The molecule has 1 heterocycles.